The lowest BCUT2D eigenvalue weighted by molar-refractivity contribution is -0.119. The number of amides is 1. The Hall–Kier alpha value is -2.10. The molecule has 6 heteroatoms. The average molecular weight is 320 g/mol. The molecule has 1 amide bonds. The number of hydrogen-bond donors (Lipinski definition) is 3. The summed E-state index contributed by atoms with van der Waals surface area (Å²) in [6, 6.07) is 7.37. The zero-order valence-corrected chi connectivity index (χ0v) is 13.8. The minimum Gasteiger partial charge on any atom is -0.485 e. The van der Waals surface area contributed by atoms with E-state index in [4.69, 9.17) is 15.1 Å². The minimum atomic E-state index is -0.554. The molecule has 2 aliphatic rings. The molecule has 3 rings (SSSR count). The predicted octanol–water partition coefficient (Wildman–Crippen LogP) is 1.14. The smallest absolute Gasteiger partial charge is 0.220 e. The van der Waals surface area contributed by atoms with E-state index in [2.05, 4.69) is 11.4 Å². The summed E-state index contributed by atoms with van der Waals surface area (Å²) in [5, 5.41) is 28.3. The van der Waals surface area contributed by atoms with Gasteiger partial charge in [0.2, 0.25) is 5.91 Å². The highest BCUT2D eigenvalue weighted by Crippen LogP contribution is 2.33. The molecule has 1 atom stereocenters. The minimum absolute atomic E-state index is 0.204. The van der Waals surface area contributed by atoms with Crippen LogP contribution >= 0.6 is 0 Å². The highest BCUT2D eigenvalue weighted by atomic mass is 16.5. The van der Waals surface area contributed by atoms with Crippen LogP contribution in [0.25, 0.3) is 0 Å². The topological polar surface area (TPSA) is 103 Å². The van der Waals surface area contributed by atoms with Crippen LogP contribution in [0.4, 0.5) is 0 Å². The van der Waals surface area contributed by atoms with Gasteiger partial charge in [0.25, 0.3) is 0 Å². The molecule has 1 aromatic carbocycles. The van der Waals surface area contributed by atoms with E-state index in [1.54, 1.807) is 18.2 Å². The molecule has 6 nitrogen and oxygen atoms in total. The Bertz CT molecular complexity index is 570. The third-order valence-electron chi connectivity index (χ3n) is 3.68. The molecule has 2 aliphatic heterocycles. The Morgan fingerprint density at radius 1 is 1.39 bits per heavy atom. The van der Waals surface area contributed by atoms with Crippen LogP contribution in [0, 0.1) is 11.3 Å². The second-order valence-electron chi connectivity index (χ2n) is 5.81. The summed E-state index contributed by atoms with van der Waals surface area (Å²) < 4.78 is 5.67. The fourth-order valence-corrected chi connectivity index (χ4v) is 2.28. The van der Waals surface area contributed by atoms with Crippen LogP contribution in [-0.2, 0) is 11.2 Å². The average Bonchev–Trinajstić information content (AvgIpc) is 3.01. The lowest BCUT2D eigenvalue weighted by atomic mass is 9.90. The van der Waals surface area contributed by atoms with Gasteiger partial charge in [0, 0.05) is 26.5 Å². The van der Waals surface area contributed by atoms with Gasteiger partial charge in [-0.3, -0.25) is 4.79 Å². The summed E-state index contributed by atoms with van der Waals surface area (Å²) in [6.07, 6.45) is 1.77. The summed E-state index contributed by atoms with van der Waals surface area (Å²) >= 11 is 0. The Labute approximate surface area is 136 Å². The molecular formula is C17H24N2O4. The molecular weight excluding hydrogens is 296 g/mol. The molecule has 1 unspecified atom stereocenters. The van der Waals surface area contributed by atoms with Crippen LogP contribution in [0.3, 0.4) is 0 Å². The first kappa shape index (κ1) is 18.9. The van der Waals surface area contributed by atoms with E-state index in [0.717, 1.165) is 37.8 Å². The summed E-state index contributed by atoms with van der Waals surface area (Å²) in [5.41, 5.74) is 0.950. The van der Waals surface area contributed by atoms with Crippen molar-refractivity contribution in [1.29, 1.82) is 5.26 Å². The number of nitriles is 1. The first-order valence-corrected chi connectivity index (χ1v) is 7.54. The summed E-state index contributed by atoms with van der Waals surface area (Å²) in [4.78, 5) is 10.1. The summed E-state index contributed by atoms with van der Waals surface area (Å²) in [5.74, 6) is 0.972. The number of ether oxygens (including phenoxy) is 1. The van der Waals surface area contributed by atoms with Crippen LogP contribution in [0.15, 0.2) is 18.2 Å². The number of fused-ring (bicyclic) bond motifs is 1. The SMILES string of the molecule is CC1(C)Oc2ccc(C#N)cc2CC1O.CO.O=C1CCCN1. The Morgan fingerprint density at radius 2 is 2.09 bits per heavy atom. The zero-order chi connectivity index (χ0) is 17.5. The third kappa shape index (κ3) is 5.23. The molecule has 0 bridgehead atoms. The van der Waals surface area contributed by atoms with Gasteiger partial charge in [-0.15, -0.1) is 0 Å². The number of carbonyl (C=O) groups is 1. The maximum absolute atomic E-state index is 10.1. The van der Waals surface area contributed by atoms with Gasteiger partial charge in [-0.25, -0.2) is 0 Å². The Kier molecular flexibility index (Phi) is 7.01. The van der Waals surface area contributed by atoms with Crippen molar-refractivity contribution in [3.63, 3.8) is 0 Å². The van der Waals surface area contributed by atoms with Gasteiger partial charge in [0.15, 0.2) is 0 Å². The summed E-state index contributed by atoms with van der Waals surface area (Å²) in [6.45, 7) is 4.61. The van der Waals surface area contributed by atoms with Crippen molar-refractivity contribution in [3.05, 3.63) is 29.3 Å². The number of rotatable bonds is 0. The van der Waals surface area contributed by atoms with Crippen LogP contribution in [0.5, 0.6) is 5.75 Å². The third-order valence-corrected chi connectivity index (χ3v) is 3.68. The van der Waals surface area contributed by atoms with Crippen molar-refractivity contribution >= 4 is 5.91 Å². The second-order valence-corrected chi connectivity index (χ2v) is 5.81. The molecule has 0 spiro atoms. The van der Waals surface area contributed by atoms with E-state index in [1.165, 1.54) is 0 Å². The normalized spacial score (nSPS) is 20.3. The van der Waals surface area contributed by atoms with Crippen LogP contribution in [-0.4, -0.2) is 41.5 Å². The van der Waals surface area contributed by atoms with Crippen molar-refractivity contribution in [2.24, 2.45) is 0 Å². The highest BCUT2D eigenvalue weighted by molar-refractivity contribution is 5.77. The zero-order valence-electron chi connectivity index (χ0n) is 13.8. The van der Waals surface area contributed by atoms with Crippen molar-refractivity contribution < 1.29 is 19.7 Å². The monoisotopic (exact) mass is 320 g/mol. The van der Waals surface area contributed by atoms with E-state index in [9.17, 15) is 9.90 Å². The number of nitrogens with one attached hydrogen (secondary N) is 1. The lowest BCUT2D eigenvalue weighted by Crippen LogP contribution is -2.46. The van der Waals surface area contributed by atoms with Crippen molar-refractivity contribution in [3.8, 4) is 11.8 Å². The van der Waals surface area contributed by atoms with Gasteiger partial charge in [-0.05, 0) is 44.0 Å². The summed E-state index contributed by atoms with van der Waals surface area (Å²) in [7, 11) is 1.00. The number of benzene rings is 1. The van der Waals surface area contributed by atoms with Gasteiger partial charge in [0.05, 0.1) is 17.7 Å². The molecule has 1 fully saturated rings. The van der Waals surface area contributed by atoms with Gasteiger partial charge < -0.3 is 20.3 Å². The van der Waals surface area contributed by atoms with Crippen molar-refractivity contribution in [1.82, 2.24) is 5.32 Å². The fraction of sp³-hybridized carbons (Fsp3) is 0.529. The number of carbonyl (C=O) groups excluding carboxylic acids is 1. The fourth-order valence-electron chi connectivity index (χ4n) is 2.28. The van der Waals surface area contributed by atoms with E-state index in [-0.39, 0.29) is 5.91 Å². The van der Waals surface area contributed by atoms with E-state index < -0.39 is 11.7 Å². The Balaban J connectivity index is 0.000000276. The largest absolute Gasteiger partial charge is 0.485 e. The van der Waals surface area contributed by atoms with E-state index in [1.807, 2.05) is 13.8 Å². The lowest BCUT2D eigenvalue weighted by Gasteiger charge is -2.37. The second kappa shape index (κ2) is 8.51. The first-order valence-electron chi connectivity index (χ1n) is 7.54. The predicted molar refractivity (Wildman–Crippen MR) is 86.0 cm³/mol. The molecule has 0 radical (unpaired) electrons. The molecule has 0 aromatic heterocycles. The number of aliphatic hydroxyl groups excluding tert-OH is 2. The highest BCUT2D eigenvalue weighted by Gasteiger charge is 2.35. The molecule has 23 heavy (non-hydrogen) atoms. The van der Waals surface area contributed by atoms with Crippen LogP contribution in [0.2, 0.25) is 0 Å². The maximum atomic E-state index is 10.1. The van der Waals surface area contributed by atoms with Gasteiger partial charge in [-0.2, -0.15) is 5.26 Å². The standard InChI is InChI=1S/C12H13NO2.C4H7NO.CH4O/c1-12(2)11(14)6-9-5-8(7-13)3-4-10(9)15-12;6-4-2-1-3-5-4;1-2/h3-5,11,14H,6H2,1-2H3;1-3H2,(H,5,6);2H,1H3. The Morgan fingerprint density at radius 3 is 2.57 bits per heavy atom. The number of aliphatic hydroxyl groups is 2. The molecule has 126 valence electrons. The molecule has 1 aromatic rings. The van der Waals surface area contributed by atoms with E-state index in [0.29, 0.717) is 12.0 Å². The number of nitrogens with zero attached hydrogens (tertiary/aromatic N) is 1. The van der Waals surface area contributed by atoms with Crippen LogP contribution in [0.1, 0.15) is 37.8 Å². The molecule has 1 saturated heterocycles. The van der Waals surface area contributed by atoms with Gasteiger partial charge >= 0.3 is 0 Å². The van der Waals surface area contributed by atoms with Crippen LogP contribution < -0.4 is 10.1 Å². The quantitative estimate of drug-likeness (QED) is 0.665. The molecule has 2 heterocycles. The van der Waals surface area contributed by atoms with Crippen molar-refractivity contribution in [2.45, 2.75) is 44.8 Å². The van der Waals surface area contributed by atoms with Gasteiger partial charge in [-0.1, -0.05) is 0 Å². The van der Waals surface area contributed by atoms with E-state index >= 15 is 0 Å². The first-order chi connectivity index (χ1) is 10.9. The molecule has 3 N–H and O–H groups in total. The number of hydrogen-bond acceptors (Lipinski definition) is 5. The maximum Gasteiger partial charge on any atom is 0.220 e. The van der Waals surface area contributed by atoms with Crippen molar-refractivity contribution in [2.75, 3.05) is 13.7 Å². The molecule has 0 aliphatic carbocycles. The van der Waals surface area contributed by atoms with Gasteiger partial charge in [0.1, 0.15) is 11.4 Å². The molecule has 0 saturated carbocycles.